The molecule has 0 aromatic heterocycles. The van der Waals surface area contributed by atoms with Crippen molar-refractivity contribution in [2.45, 2.75) is 44.6 Å². The molecule has 3 atom stereocenters. The number of rotatable bonds is 4. The molecule has 0 saturated carbocycles. The minimum atomic E-state index is -0.196. The van der Waals surface area contributed by atoms with Crippen LogP contribution in [0.25, 0.3) is 0 Å². The Morgan fingerprint density at radius 1 is 1.54 bits per heavy atom. The molecule has 0 amide bonds. The van der Waals surface area contributed by atoms with Gasteiger partial charge in [-0.25, -0.2) is 0 Å². The summed E-state index contributed by atoms with van der Waals surface area (Å²) in [6, 6.07) is 0.610. The second-order valence-corrected chi connectivity index (χ2v) is 5.68. The number of nitrogens with one attached hydrogen (secondary N) is 1. The molecule has 3 unspecified atom stereocenters. The molecule has 1 heterocycles. The highest BCUT2D eigenvalue weighted by Crippen LogP contribution is 2.25. The zero-order chi connectivity index (χ0) is 9.84. The van der Waals surface area contributed by atoms with E-state index in [4.69, 9.17) is 0 Å². The van der Waals surface area contributed by atoms with Crippen LogP contribution in [0.4, 0.5) is 0 Å². The van der Waals surface area contributed by atoms with Crippen LogP contribution in [0.3, 0.4) is 0 Å². The van der Waals surface area contributed by atoms with Gasteiger partial charge in [-0.1, -0.05) is 20.8 Å². The van der Waals surface area contributed by atoms with E-state index in [9.17, 15) is 5.11 Å². The molecule has 0 bridgehead atoms. The minimum Gasteiger partial charge on any atom is -0.392 e. The summed E-state index contributed by atoms with van der Waals surface area (Å²) in [5.74, 6) is 1.62. The van der Waals surface area contributed by atoms with Crippen LogP contribution in [0, 0.1) is 5.92 Å². The van der Waals surface area contributed by atoms with E-state index in [1.54, 1.807) is 0 Å². The van der Waals surface area contributed by atoms with E-state index < -0.39 is 0 Å². The third-order valence-electron chi connectivity index (χ3n) is 2.73. The van der Waals surface area contributed by atoms with Crippen LogP contribution in [-0.2, 0) is 0 Å². The number of aliphatic hydroxyl groups excluding tert-OH is 1. The van der Waals surface area contributed by atoms with E-state index in [1.165, 1.54) is 12.2 Å². The molecule has 2 nitrogen and oxygen atoms in total. The van der Waals surface area contributed by atoms with Crippen molar-refractivity contribution in [2.75, 3.05) is 12.3 Å². The van der Waals surface area contributed by atoms with Gasteiger partial charge in [0, 0.05) is 17.8 Å². The standard InChI is InChI=1S/C10H21NOS/c1-7(2)10(12)6-11-9-4-5-13-8(9)3/h7-12H,4-6H2,1-3H3. The summed E-state index contributed by atoms with van der Waals surface area (Å²) in [6.45, 7) is 7.11. The van der Waals surface area contributed by atoms with Gasteiger partial charge in [-0.05, 0) is 18.1 Å². The quantitative estimate of drug-likeness (QED) is 0.726. The van der Waals surface area contributed by atoms with Gasteiger partial charge in [-0.15, -0.1) is 0 Å². The molecule has 1 aliphatic rings. The zero-order valence-corrected chi connectivity index (χ0v) is 9.60. The summed E-state index contributed by atoms with van der Waals surface area (Å²) in [5, 5.41) is 13.8. The lowest BCUT2D eigenvalue weighted by atomic mass is 10.1. The lowest BCUT2D eigenvalue weighted by Gasteiger charge is -2.21. The first-order valence-electron chi connectivity index (χ1n) is 5.14. The molecule has 0 aliphatic carbocycles. The van der Waals surface area contributed by atoms with Crippen molar-refractivity contribution in [2.24, 2.45) is 5.92 Å². The van der Waals surface area contributed by atoms with E-state index >= 15 is 0 Å². The van der Waals surface area contributed by atoms with Crippen molar-refractivity contribution >= 4 is 11.8 Å². The van der Waals surface area contributed by atoms with Crippen molar-refractivity contribution < 1.29 is 5.11 Å². The predicted octanol–water partition coefficient (Wildman–Crippen LogP) is 1.49. The lowest BCUT2D eigenvalue weighted by Crippen LogP contribution is -2.40. The summed E-state index contributed by atoms with van der Waals surface area (Å²) in [6.07, 6.45) is 1.05. The zero-order valence-electron chi connectivity index (χ0n) is 8.79. The molecule has 0 radical (unpaired) electrons. The third-order valence-corrected chi connectivity index (χ3v) is 4.06. The molecule has 0 aromatic rings. The van der Waals surface area contributed by atoms with Crippen molar-refractivity contribution in [1.29, 1.82) is 0 Å². The summed E-state index contributed by atoms with van der Waals surface area (Å²) in [4.78, 5) is 0. The van der Waals surface area contributed by atoms with Gasteiger partial charge in [-0.2, -0.15) is 11.8 Å². The molecule has 3 heteroatoms. The Hall–Kier alpha value is 0.270. The van der Waals surface area contributed by atoms with E-state index in [0.717, 1.165) is 6.54 Å². The van der Waals surface area contributed by atoms with E-state index in [0.29, 0.717) is 17.2 Å². The molecule has 1 aliphatic heterocycles. The smallest absolute Gasteiger partial charge is 0.0687 e. The molecule has 78 valence electrons. The van der Waals surface area contributed by atoms with Crippen LogP contribution >= 0.6 is 11.8 Å². The Morgan fingerprint density at radius 3 is 2.69 bits per heavy atom. The van der Waals surface area contributed by atoms with Crippen molar-refractivity contribution in [3.05, 3.63) is 0 Å². The topological polar surface area (TPSA) is 32.3 Å². The molecular weight excluding hydrogens is 182 g/mol. The maximum Gasteiger partial charge on any atom is 0.0687 e. The highest BCUT2D eigenvalue weighted by atomic mass is 32.2. The first-order valence-corrected chi connectivity index (χ1v) is 6.19. The van der Waals surface area contributed by atoms with Crippen LogP contribution < -0.4 is 5.32 Å². The summed E-state index contributed by atoms with van der Waals surface area (Å²) in [7, 11) is 0. The molecular formula is C10H21NOS. The average molecular weight is 203 g/mol. The normalized spacial score (nSPS) is 31.2. The molecule has 2 N–H and O–H groups in total. The second-order valence-electron chi connectivity index (χ2n) is 4.19. The van der Waals surface area contributed by atoms with Gasteiger partial charge >= 0.3 is 0 Å². The minimum absolute atomic E-state index is 0.196. The van der Waals surface area contributed by atoms with Crippen molar-refractivity contribution in [3.8, 4) is 0 Å². The number of hydrogen-bond acceptors (Lipinski definition) is 3. The Labute approximate surface area is 85.5 Å². The molecule has 1 fully saturated rings. The maximum absolute atomic E-state index is 9.60. The van der Waals surface area contributed by atoms with E-state index in [2.05, 4.69) is 26.1 Å². The van der Waals surface area contributed by atoms with Gasteiger partial charge < -0.3 is 10.4 Å². The Kier molecular flexibility index (Phi) is 4.56. The first-order chi connectivity index (χ1) is 6.11. The fraction of sp³-hybridized carbons (Fsp3) is 1.00. The van der Waals surface area contributed by atoms with E-state index in [1.807, 2.05) is 11.8 Å². The molecule has 0 spiro atoms. The van der Waals surface area contributed by atoms with Gasteiger partial charge in [0.1, 0.15) is 0 Å². The number of thioether (sulfide) groups is 1. The SMILES string of the molecule is CC(C)C(O)CNC1CCSC1C. The van der Waals surface area contributed by atoms with Gasteiger partial charge in [-0.3, -0.25) is 0 Å². The van der Waals surface area contributed by atoms with Gasteiger partial charge in [0.05, 0.1) is 6.10 Å². The fourth-order valence-electron chi connectivity index (χ4n) is 1.51. The maximum atomic E-state index is 9.60. The largest absolute Gasteiger partial charge is 0.392 e. The molecule has 1 saturated heterocycles. The van der Waals surface area contributed by atoms with Crippen LogP contribution in [0.5, 0.6) is 0 Å². The fourth-order valence-corrected chi connectivity index (χ4v) is 2.73. The van der Waals surface area contributed by atoms with Crippen LogP contribution in [0.2, 0.25) is 0 Å². The number of hydrogen-bond donors (Lipinski definition) is 2. The molecule has 0 aromatic carbocycles. The van der Waals surface area contributed by atoms with Gasteiger partial charge in [0.2, 0.25) is 0 Å². The predicted molar refractivity (Wildman–Crippen MR) is 59.2 cm³/mol. The lowest BCUT2D eigenvalue weighted by molar-refractivity contribution is 0.120. The van der Waals surface area contributed by atoms with Gasteiger partial charge in [0.15, 0.2) is 0 Å². The monoisotopic (exact) mass is 203 g/mol. The highest BCUT2D eigenvalue weighted by molar-refractivity contribution is 8.00. The van der Waals surface area contributed by atoms with Crippen LogP contribution in [-0.4, -0.2) is 34.8 Å². The summed E-state index contributed by atoms with van der Waals surface area (Å²) >= 11 is 2.02. The second kappa shape index (κ2) is 5.23. The van der Waals surface area contributed by atoms with E-state index in [-0.39, 0.29) is 6.10 Å². The summed E-state index contributed by atoms with van der Waals surface area (Å²) < 4.78 is 0. The van der Waals surface area contributed by atoms with Crippen LogP contribution in [0.1, 0.15) is 27.2 Å². The van der Waals surface area contributed by atoms with Crippen LogP contribution in [0.15, 0.2) is 0 Å². The third kappa shape index (κ3) is 3.49. The molecule has 13 heavy (non-hydrogen) atoms. The highest BCUT2D eigenvalue weighted by Gasteiger charge is 2.24. The number of aliphatic hydroxyl groups is 1. The van der Waals surface area contributed by atoms with Crippen molar-refractivity contribution in [3.63, 3.8) is 0 Å². The van der Waals surface area contributed by atoms with Gasteiger partial charge in [0.25, 0.3) is 0 Å². The Balaban J connectivity index is 2.18. The first kappa shape index (κ1) is 11.3. The molecule has 1 rings (SSSR count). The average Bonchev–Trinajstić information content (AvgIpc) is 2.47. The van der Waals surface area contributed by atoms with Crippen molar-refractivity contribution in [1.82, 2.24) is 5.32 Å². The Bertz CT molecular complexity index is 152. The summed E-state index contributed by atoms with van der Waals surface area (Å²) in [5.41, 5.74) is 0. The Morgan fingerprint density at radius 2 is 2.23 bits per heavy atom.